The number of unbranched alkanes of at least 4 members (excludes halogenated alkanes) is 33. The Morgan fingerprint density at radius 1 is 0.551 bits per heavy atom. The maximum atomic E-state index is 13.0. The van der Waals surface area contributed by atoms with Crippen LogP contribution in [0.1, 0.15) is 343 Å². The molecule has 0 radical (unpaired) electrons. The Labute approximate surface area is 433 Å². The quantitative estimate of drug-likeness (QED) is 0.0346. The summed E-state index contributed by atoms with van der Waals surface area (Å²) in [4.78, 5) is 13.0. The van der Waals surface area contributed by atoms with Crippen molar-refractivity contribution in [3.63, 3.8) is 0 Å². The average Bonchev–Trinajstić information content (AvgIpc) is 3.70. The molecule has 0 N–H and O–H groups in total. The molecule has 4 rings (SSSR count). The molecule has 3 saturated carbocycles. The average molecular weight is 960 g/mol. The van der Waals surface area contributed by atoms with E-state index in [1.54, 1.807) is 5.57 Å². The van der Waals surface area contributed by atoms with Gasteiger partial charge in [0.05, 0.1) is 0 Å². The van der Waals surface area contributed by atoms with E-state index in [1.807, 2.05) is 0 Å². The number of hydrogen-bond acceptors (Lipinski definition) is 2. The molecular formula is C67H122O2. The summed E-state index contributed by atoms with van der Waals surface area (Å²) in [6.07, 6.45) is 72.1. The Balaban J connectivity index is 0.856. The highest BCUT2D eigenvalue weighted by Crippen LogP contribution is 2.67. The molecule has 2 nitrogen and oxygen atoms in total. The predicted molar refractivity (Wildman–Crippen MR) is 304 cm³/mol. The Kier molecular flexibility index (Phi) is 32.3. The van der Waals surface area contributed by atoms with Crippen LogP contribution in [0.15, 0.2) is 23.8 Å². The fourth-order valence-electron chi connectivity index (χ4n) is 15.2. The van der Waals surface area contributed by atoms with E-state index < -0.39 is 0 Å². The van der Waals surface area contributed by atoms with Crippen molar-refractivity contribution < 1.29 is 9.53 Å². The van der Waals surface area contributed by atoms with Crippen molar-refractivity contribution in [2.75, 3.05) is 0 Å². The van der Waals surface area contributed by atoms with Crippen LogP contribution in [-0.2, 0) is 9.53 Å². The van der Waals surface area contributed by atoms with Crippen molar-refractivity contribution >= 4 is 5.97 Å². The number of ether oxygens (including phenoxy) is 1. The van der Waals surface area contributed by atoms with E-state index in [0.717, 1.165) is 54.8 Å². The van der Waals surface area contributed by atoms with Crippen molar-refractivity contribution in [2.24, 2.45) is 46.3 Å². The zero-order valence-corrected chi connectivity index (χ0v) is 47.8. The second-order valence-corrected chi connectivity index (χ2v) is 25.8. The molecule has 0 heterocycles. The lowest BCUT2D eigenvalue weighted by atomic mass is 9.47. The maximum Gasteiger partial charge on any atom is 0.306 e. The number of rotatable bonds is 43. The molecule has 0 aromatic heterocycles. The molecule has 0 saturated heterocycles. The van der Waals surface area contributed by atoms with Gasteiger partial charge in [-0.05, 0) is 123 Å². The monoisotopic (exact) mass is 959 g/mol. The smallest absolute Gasteiger partial charge is 0.306 e. The van der Waals surface area contributed by atoms with Crippen molar-refractivity contribution in [2.45, 2.75) is 349 Å². The van der Waals surface area contributed by atoms with Crippen LogP contribution in [0.3, 0.4) is 0 Å². The molecule has 8 atom stereocenters. The molecular weight excluding hydrogens is 837 g/mol. The molecule has 0 spiro atoms. The molecule has 8 unspecified atom stereocenters. The first kappa shape index (κ1) is 60.5. The van der Waals surface area contributed by atoms with Gasteiger partial charge in [0, 0.05) is 12.8 Å². The molecule has 3 fully saturated rings. The number of carbonyl (C=O) groups excluding carboxylic acids is 1. The van der Waals surface area contributed by atoms with Crippen LogP contribution >= 0.6 is 0 Å². The third kappa shape index (κ3) is 23.4. The minimum atomic E-state index is 0.0703. The largest absolute Gasteiger partial charge is 0.462 e. The van der Waals surface area contributed by atoms with Gasteiger partial charge in [0.2, 0.25) is 0 Å². The lowest BCUT2D eigenvalue weighted by Gasteiger charge is -2.58. The van der Waals surface area contributed by atoms with Crippen LogP contribution < -0.4 is 0 Å². The minimum Gasteiger partial charge on any atom is -0.462 e. The summed E-state index contributed by atoms with van der Waals surface area (Å²) >= 11 is 0. The Morgan fingerprint density at radius 3 is 1.49 bits per heavy atom. The van der Waals surface area contributed by atoms with Crippen LogP contribution in [0.25, 0.3) is 0 Å². The van der Waals surface area contributed by atoms with Crippen LogP contribution in [0.2, 0.25) is 0 Å². The van der Waals surface area contributed by atoms with E-state index in [9.17, 15) is 4.79 Å². The van der Waals surface area contributed by atoms with Gasteiger partial charge in [-0.15, -0.1) is 0 Å². The summed E-state index contributed by atoms with van der Waals surface area (Å²) < 4.78 is 6.19. The van der Waals surface area contributed by atoms with Crippen LogP contribution in [0.4, 0.5) is 0 Å². The third-order valence-corrected chi connectivity index (χ3v) is 19.7. The summed E-state index contributed by atoms with van der Waals surface area (Å²) in [5.74, 6) is 5.33. The van der Waals surface area contributed by atoms with Crippen molar-refractivity contribution in [3.05, 3.63) is 23.8 Å². The molecule has 4 aliphatic rings. The highest BCUT2D eigenvalue weighted by molar-refractivity contribution is 5.69. The van der Waals surface area contributed by atoms with E-state index in [-0.39, 0.29) is 12.1 Å². The van der Waals surface area contributed by atoms with Crippen molar-refractivity contribution in [3.8, 4) is 0 Å². The minimum absolute atomic E-state index is 0.0703. The fraction of sp³-hybridized carbons (Fsp3) is 0.925. The first-order valence-corrected chi connectivity index (χ1v) is 32.2. The number of allylic oxidation sites excluding steroid dienone is 3. The molecule has 0 bridgehead atoms. The second-order valence-electron chi connectivity index (χ2n) is 25.8. The van der Waals surface area contributed by atoms with E-state index >= 15 is 0 Å². The predicted octanol–water partition coefficient (Wildman–Crippen LogP) is 22.6. The summed E-state index contributed by atoms with van der Waals surface area (Å²) in [6, 6.07) is 0. The van der Waals surface area contributed by atoms with E-state index in [1.165, 1.54) is 276 Å². The van der Waals surface area contributed by atoms with Gasteiger partial charge < -0.3 is 4.74 Å². The number of carbonyl (C=O) groups is 1. The summed E-state index contributed by atoms with van der Waals surface area (Å²) in [5.41, 5.74) is 2.53. The number of fused-ring (bicyclic) bond motifs is 5. The topological polar surface area (TPSA) is 26.3 Å². The Morgan fingerprint density at radius 2 is 1.01 bits per heavy atom. The highest BCUT2D eigenvalue weighted by Gasteiger charge is 2.59. The lowest BCUT2D eigenvalue weighted by molar-refractivity contribution is -0.151. The zero-order valence-electron chi connectivity index (χ0n) is 47.8. The first-order valence-electron chi connectivity index (χ1n) is 32.2. The van der Waals surface area contributed by atoms with E-state index in [4.69, 9.17) is 4.74 Å². The second kappa shape index (κ2) is 36.8. The van der Waals surface area contributed by atoms with E-state index in [0.29, 0.717) is 17.3 Å². The van der Waals surface area contributed by atoms with E-state index in [2.05, 4.69) is 59.8 Å². The zero-order chi connectivity index (χ0) is 49.3. The summed E-state index contributed by atoms with van der Waals surface area (Å²) in [5, 5.41) is 0. The van der Waals surface area contributed by atoms with Crippen molar-refractivity contribution in [1.82, 2.24) is 0 Å². The molecule has 0 amide bonds. The summed E-state index contributed by atoms with van der Waals surface area (Å²) in [6.45, 7) is 15.0. The van der Waals surface area contributed by atoms with Gasteiger partial charge in [-0.3, -0.25) is 4.79 Å². The highest BCUT2D eigenvalue weighted by atomic mass is 16.5. The van der Waals surface area contributed by atoms with Crippen LogP contribution in [0, 0.1) is 46.3 Å². The lowest BCUT2D eigenvalue weighted by Crippen LogP contribution is -2.51. The van der Waals surface area contributed by atoms with Gasteiger partial charge in [-0.1, -0.05) is 277 Å². The molecule has 69 heavy (non-hydrogen) atoms. The molecule has 402 valence electrons. The SMILES string of the molecule is CCCCCCCCCC/C=C\CCCCCCCCCCCCCCCCCCCCCCCCCCCC(=O)OC1CCC2(C)C(=CCC3C2CCC2(C)C(C(C)CCCC(C)C)CCC32)C1. The maximum absolute atomic E-state index is 13.0. The molecule has 4 aliphatic carbocycles. The number of esters is 1. The van der Waals surface area contributed by atoms with Gasteiger partial charge in [0.25, 0.3) is 0 Å². The van der Waals surface area contributed by atoms with Gasteiger partial charge >= 0.3 is 5.97 Å². The Bertz CT molecular complexity index is 1330. The molecule has 0 aromatic carbocycles. The van der Waals surface area contributed by atoms with Gasteiger partial charge in [0.15, 0.2) is 0 Å². The molecule has 2 heteroatoms. The fourth-order valence-corrected chi connectivity index (χ4v) is 15.2. The van der Waals surface area contributed by atoms with Crippen molar-refractivity contribution in [1.29, 1.82) is 0 Å². The first-order chi connectivity index (χ1) is 33.7. The van der Waals surface area contributed by atoms with Gasteiger partial charge in [-0.25, -0.2) is 0 Å². The third-order valence-electron chi connectivity index (χ3n) is 19.7. The Hall–Kier alpha value is -1.05. The number of hydrogen-bond donors (Lipinski definition) is 0. The van der Waals surface area contributed by atoms with Crippen LogP contribution in [-0.4, -0.2) is 12.1 Å². The summed E-state index contributed by atoms with van der Waals surface area (Å²) in [7, 11) is 0. The van der Waals surface area contributed by atoms with Gasteiger partial charge in [-0.2, -0.15) is 0 Å². The van der Waals surface area contributed by atoms with Gasteiger partial charge in [0.1, 0.15) is 6.10 Å². The normalized spacial score (nSPS) is 26.0. The van der Waals surface area contributed by atoms with Crippen LogP contribution in [0.5, 0.6) is 0 Å². The molecule has 0 aliphatic heterocycles. The standard InChI is InChI=1S/C67H122O2/c1-7-8-9-10-11-12-13-14-15-16-17-18-19-20-21-22-23-24-25-26-27-28-29-30-31-32-33-34-35-36-37-38-39-40-41-42-43-47-65(68)69-60-52-54-66(5)59(56-60)48-49-61-63-51-50-62(58(4)46-44-45-57(2)3)67(63,6)55-53-64(61)66/h16-17,48,57-58,60-64H,7-15,18-47,49-56H2,1-6H3/b17-16-. The molecule has 0 aromatic rings.